The maximum Gasteiger partial charge on any atom is 0.243 e. The average molecular weight is 246 g/mol. The number of hydrogen-bond acceptors (Lipinski definition) is 2. The van der Waals surface area contributed by atoms with E-state index in [9.17, 15) is 10.1 Å². The topological polar surface area (TPSA) is 44.1 Å². The molecule has 0 aromatic heterocycles. The number of amides is 1. The third-order valence-electron chi connectivity index (χ3n) is 5.34. The van der Waals surface area contributed by atoms with Crippen LogP contribution >= 0.6 is 0 Å². The lowest BCUT2D eigenvalue weighted by atomic mass is 9.74. The zero-order valence-corrected chi connectivity index (χ0v) is 11.0. The van der Waals surface area contributed by atoms with Gasteiger partial charge in [0.05, 0.1) is 6.07 Å². The van der Waals surface area contributed by atoms with E-state index in [2.05, 4.69) is 6.07 Å². The van der Waals surface area contributed by atoms with Crippen LogP contribution in [0.3, 0.4) is 0 Å². The Morgan fingerprint density at radius 1 is 1.06 bits per heavy atom. The lowest BCUT2D eigenvalue weighted by Gasteiger charge is -2.33. The predicted molar refractivity (Wildman–Crippen MR) is 68.5 cm³/mol. The maximum atomic E-state index is 12.7. The van der Waals surface area contributed by atoms with E-state index in [-0.39, 0.29) is 5.91 Å². The van der Waals surface area contributed by atoms with Gasteiger partial charge in [-0.1, -0.05) is 25.7 Å². The maximum absolute atomic E-state index is 12.7. The van der Waals surface area contributed by atoms with Crippen molar-refractivity contribution in [3.05, 3.63) is 0 Å². The summed E-state index contributed by atoms with van der Waals surface area (Å²) in [4.78, 5) is 14.7. The first-order valence-corrected chi connectivity index (χ1v) is 7.46. The molecule has 98 valence electrons. The zero-order valence-electron chi connectivity index (χ0n) is 11.0. The van der Waals surface area contributed by atoms with E-state index in [0.717, 1.165) is 50.6 Å². The van der Waals surface area contributed by atoms with E-state index in [1.165, 1.54) is 25.7 Å². The van der Waals surface area contributed by atoms with E-state index < -0.39 is 5.41 Å². The first-order valence-electron chi connectivity index (χ1n) is 7.46. The Balaban J connectivity index is 1.72. The van der Waals surface area contributed by atoms with Crippen LogP contribution < -0.4 is 0 Å². The highest BCUT2D eigenvalue weighted by Gasteiger charge is 2.46. The van der Waals surface area contributed by atoms with Crippen LogP contribution in [0, 0.1) is 28.6 Å². The van der Waals surface area contributed by atoms with E-state index in [1.807, 2.05) is 4.90 Å². The molecule has 3 rings (SSSR count). The van der Waals surface area contributed by atoms with Crippen molar-refractivity contribution >= 4 is 5.91 Å². The zero-order chi connectivity index (χ0) is 12.6. The minimum absolute atomic E-state index is 0.152. The summed E-state index contributed by atoms with van der Waals surface area (Å²) >= 11 is 0. The van der Waals surface area contributed by atoms with Crippen LogP contribution in [-0.4, -0.2) is 23.9 Å². The molecule has 1 saturated heterocycles. The number of nitriles is 1. The highest BCUT2D eigenvalue weighted by molar-refractivity contribution is 5.85. The molecule has 2 saturated carbocycles. The molecule has 1 heterocycles. The second-order valence-electron chi connectivity index (χ2n) is 6.42. The summed E-state index contributed by atoms with van der Waals surface area (Å²) < 4.78 is 0. The van der Waals surface area contributed by atoms with Crippen molar-refractivity contribution in [2.75, 3.05) is 13.1 Å². The molecule has 3 aliphatic rings. The van der Waals surface area contributed by atoms with E-state index in [4.69, 9.17) is 0 Å². The summed E-state index contributed by atoms with van der Waals surface area (Å²) in [6.45, 7) is 1.85. The second kappa shape index (κ2) is 4.57. The molecule has 0 bridgehead atoms. The van der Waals surface area contributed by atoms with Crippen LogP contribution in [0.15, 0.2) is 0 Å². The lowest BCUT2D eigenvalue weighted by Crippen LogP contribution is -2.43. The quantitative estimate of drug-likeness (QED) is 0.714. The van der Waals surface area contributed by atoms with Gasteiger partial charge in [0.1, 0.15) is 5.41 Å². The lowest BCUT2D eigenvalue weighted by molar-refractivity contribution is -0.139. The van der Waals surface area contributed by atoms with Gasteiger partial charge in [-0.2, -0.15) is 5.26 Å². The third kappa shape index (κ3) is 1.83. The van der Waals surface area contributed by atoms with E-state index in [1.54, 1.807) is 0 Å². The highest BCUT2D eigenvalue weighted by atomic mass is 16.2. The smallest absolute Gasteiger partial charge is 0.243 e. The molecule has 2 aliphatic carbocycles. The molecule has 3 fully saturated rings. The Hall–Kier alpha value is -1.04. The summed E-state index contributed by atoms with van der Waals surface area (Å²) in [6.07, 6.45) is 8.74. The first kappa shape index (κ1) is 12.0. The standard InChI is InChI=1S/C15H22N2O/c16-11-15(7-2-1-3-8-15)14(18)17-9-12-5-4-6-13(12)10-17/h12-13H,1-10H2. The van der Waals surface area contributed by atoms with Crippen molar-refractivity contribution in [1.29, 1.82) is 5.26 Å². The number of carbonyl (C=O) groups is 1. The minimum atomic E-state index is -0.670. The van der Waals surface area contributed by atoms with Crippen molar-refractivity contribution in [1.82, 2.24) is 4.90 Å². The molecular formula is C15H22N2O. The van der Waals surface area contributed by atoms with Gasteiger partial charge in [0, 0.05) is 13.1 Å². The number of rotatable bonds is 1. The normalized spacial score (nSPS) is 34.1. The van der Waals surface area contributed by atoms with E-state index >= 15 is 0 Å². The van der Waals surface area contributed by atoms with Crippen molar-refractivity contribution in [3.63, 3.8) is 0 Å². The second-order valence-corrected chi connectivity index (χ2v) is 6.42. The van der Waals surface area contributed by atoms with Crippen LogP contribution in [0.5, 0.6) is 0 Å². The van der Waals surface area contributed by atoms with Crippen LogP contribution in [-0.2, 0) is 4.79 Å². The number of hydrogen-bond donors (Lipinski definition) is 0. The Bertz CT molecular complexity index is 366. The number of fused-ring (bicyclic) bond motifs is 1. The van der Waals surface area contributed by atoms with Crippen LogP contribution in [0.2, 0.25) is 0 Å². The van der Waals surface area contributed by atoms with Crippen LogP contribution in [0.1, 0.15) is 51.4 Å². The fraction of sp³-hybridized carbons (Fsp3) is 0.867. The first-order chi connectivity index (χ1) is 8.75. The molecule has 1 aliphatic heterocycles. The fourth-order valence-electron chi connectivity index (χ4n) is 4.23. The Morgan fingerprint density at radius 2 is 1.67 bits per heavy atom. The molecule has 0 spiro atoms. The molecule has 0 aromatic rings. The van der Waals surface area contributed by atoms with Gasteiger partial charge in [-0.05, 0) is 37.5 Å². The Morgan fingerprint density at radius 3 is 2.22 bits per heavy atom. The summed E-state index contributed by atoms with van der Waals surface area (Å²) in [7, 11) is 0. The number of carbonyl (C=O) groups excluding carboxylic acids is 1. The Labute approximate surface area is 109 Å². The van der Waals surface area contributed by atoms with Crippen molar-refractivity contribution < 1.29 is 4.79 Å². The van der Waals surface area contributed by atoms with Crippen molar-refractivity contribution in [3.8, 4) is 6.07 Å². The molecule has 3 heteroatoms. The Kier molecular flexibility index (Phi) is 3.05. The van der Waals surface area contributed by atoms with Gasteiger partial charge in [0.25, 0.3) is 0 Å². The van der Waals surface area contributed by atoms with Gasteiger partial charge >= 0.3 is 0 Å². The molecular weight excluding hydrogens is 224 g/mol. The number of nitrogens with zero attached hydrogens (tertiary/aromatic N) is 2. The summed E-state index contributed by atoms with van der Waals surface area (Å²) in [5.41, 5.74) is -0.670. The monoisotopic (exact) mass is 246 g/mol. The molecule has 2 atom stereocenters. The minimum Gasteiger partial charge on any atom is -0.341 e. The molecule has 0 aromatic carbocycles. The largest absolute Gasteiger partial charge is 0.341 e. The summed E-state index contributed by atoms with van der Waals surface area (Å²) in [5.74, 6) is 1.61. The molecule has 0 N–H and O–H groups in total. The van der Waals surface area contributed by atoms with Crippen molar-refractivity contribution in [2.24, 2.45) is 17.3 Å². The average Bonchev–Trinajstić information content (AvgIpc) is 2.99. The number of likely N-dealkylation sites (tertiary alicyclic amines) is 1. The van der Waals surface area contributed by atoms with Gasteiger partial charge < -0.3 is 4.90 Å². The molecule has 0 radical (unpaired) electrons. The SMILES string of the molecule is N#CC1(C(=O)N2CC3CCCC3C2)CCCCC1. The molecule has 18 heavy (non-hydrogen) atoms. The van der Waals surface area contributed by atoms with Crippen LogP contribution in [0.4, 0.5) is 0 Å². The van der Waals surface area contributed by atoms with Gasteiger partial charge in [-0.15, -0.1) is 0 Å². The summed E-state index contributed by atoms with van der Waals surface area (Å²) in [6, 6.07) is 2.37. The summed E-state index contributed by atoms with van der Waals surface area (Å²) in [5, 5.41) is 9.48. The molecule has 3 nitrogen and oxygen atoms in total. The fourth-order valence-corrected chi connectivity index (χ4v) is 4.23. The predicted octanol–water partition coefficient (Wildman–Crippen LogP) is 2.72. The van der Waals surface area contributed by atoms with E-state index in [0.29, 0.717) is 0 Å². The third-order valence-corrected chi connectivity index (χ3v) is 5.34. The molecule has 2 unspecified atom stereocenters. The van der Waals surface area contributed by atoms with Gasteiger partial charge in [0.2, 0.25) is 5.91 Å². The van der Waals surface area contributed by atoms with Crippen molar-refractivity contribution in [2.45, 2.75) is 51.4 Å². The van der Waals surface area contributed by atoms with Gasteiger partial charge in [0.15, 0.2) is 0 Å². The molecule has 1 amide bonds. The van der Waals surface area contributed by atoms with Gasteiger partial charge in [-0.25, -0.2) is 0 Å². The van der Waals surface area contributed by atoms with Crippen LogP contribution in [0.25, 0.3) is 0 Å². The highest BCUT2D eigenvalue weighted by Crippen LogP contribution is 2.42. The van der Waals surface area contributed by atoms with Gasteiger partial charge in [-0.3, -0.25) is 4.79 Å².